The molecular formula is C7H6BrF2NO. The van der Waals surface area contributed by atoms with Crippen molar-refractivity contribution in [3.8, 4) is 5.75 Å². The van der Waals surface area contributed by atoms with E-state index in [1.54, 1.807) is 6.07 Å². The van der Waals surface area contributed by atoms with Crippen LogP contribution in [0.3, 0.4) is 0 Å². The molecule has 66 valence electrons. The average Bonchev–Trinajstić information content (AvgIpc) is 1.94. The Bertz CT molecular complexity index is 280. The number of nitrogen functional groups attached to an aromatic ring is 1. The standard InChI is InChI=1S/C7H6BrF2NO/c8-4-1-2-6(5(11)3-4)12-7(9)10/h1-3,7H,11H2. The molecule has 0 amide bonds. The Balaban J connectivity index is 2.86. The summed E-state index contributed by atoms with van der Waals surface area (Å²) < 4.78 is 28.3. The lowest BCUT2D eigenvalue weighted by atomic mass is 10.3. The predicted molar refractivity (Wildman–Crippen MR) is 45.2 cm³/mol. The molecule has 0 heterocycles. The van der Waals surface area contributed by atoms with Gasteiger partial charge in [-0.1, -0.05) is 15.9 Å². The Morgan fingerprint density at radius 1 is 1.42 bits per heavy atom. The van der Waals surface area contributed by atoms with Crippen LogP contribution >= 0.6 is 15.9 Å². The van der Waals surface area contributed by atoms with Crippen molar-refractivity contribution in [1.29, 1.82) is 0 Å². The number of alkyl halides is 2. The van der Waals surface area contributed by atoms with Gasteiger partial charge in [-0.2, -0.15) is 8.78 Å². The molecule has 0 aliphatic heterocycles. The third kappa shape index (κ3) is 2.34. The molecule has 0 spiro atoms. The number of nitrogens with two attached hydrogens (primary N) is 1. The molecule has 0 fully saturated rings. The molecule has 1 aromatic rings. The van der Waals surface area contributed by atoms with E-state index in [1.165, 1.54) is 12.1 Å². The molecule has 1 rings (SSSR count). The van der Waals surface area contributed by atoms with Gasteiger partial charge >= 0.3 is 6.61 Å². The zero-order valence-corrected chi connectivity index (χ0v) is 7.51. The highest BCUT2D eigenvalue weighted by Gasteiger charge is 2.06. The second-order valence-electron chi connectivity index (χ2n) is 2.06. The SMILES string of the molecule is Nc1cc(Br)ccc1OC(F)F. The van der Waals surface area contributed by atoms with E-state index in [-0.39, 0.29) is 11.4 Å². The molecule has 0 aromatic heterocycles. The normalized spacial score (nSPS) is 10.3. The molecule has 0 bridgehead atoms. The number of rotatable bonds is 2. The average molecular weight is 238 g/mol. The van der Waals surface area contributed by atoms with E-state index in [2.05, 4.69) is 20.7 Å². The van der Waals surface area contributed by atoms with Crippen LogP contribution in [0, 0.1) is 0 Å². The quantitative estimate of drug-likeness (QED) is 0.803. The summed E-state index contributed by atoms with van der Waals surface area (Å²) in [6.45, 7) is -2.84. The van der Waals surface area contributed by atoms with Crippen LogP contribution in [-0.2, 0) is 0 Å². The fraction of sp³-hybridized carbons (Fsp3) is 0.143. The molecule has 0 saturated carbocycles. The highest BCUT2D eigenvalue weighted by molar-refractivity contribution is 9.10. The second kappa shape index (κ2) is 3.71. The lowest BCUT2D eigenvalue weighted by Gasteiger charge is -2.06. The van der Waals surface area contributed by atoms with Gasteiger partial charge in [0.25, 0.3) is 0 Å². The van der Waals surface area contributed by atoms with E-state index < -0.39 is 6.61 Å². The maximum Gasteiger partial charge on any atom is 0.387 e. The molecule has 0 radical (unpaired) electrons. The second-order valence-corrected chi connectivity index (χ2v) is 2.98. The summed E-state index contributed by atoms with van der Waals surface area (Å²) in [5, 5.41) is 0. The predicted octanol–water partition coefficient (Wildman–Crippen LogP) is 2.63. The monoisotopic (exact) mass is 237 g/mol. The maximum absolute atomic E-state index is 11.7. The summed E-state index contributed by atoms with van der Waals surface area (Å²) in [4.78, 5) is 0. The zero-order chi connectivity index (χ0) is 9.14. The third-order valence-electron chi connectivity index (χ3n) is 1.19. The fourth-order valence-corrected chi connectivity index (χ4v) is 1.10. The van der Waals surface area contributed by atoms with Crippen molar-refractivity contribution >= 4 is 21.6 Å². The molecular weight excluding hydrogens is 232 g/mol. The summed E-state index contributed by atoms with van der Waals surface area (Å²) in [5.74, 6) is -0.00630. The first-order valence-corrected chi connectivity index (χ1v) is 3.88. The lowest BCUT2D eigenvalue weighted by Crippen LogP contribution is -2.04. The Labute approximate surface area is 76.4 Å². The number of benzene rings is 1. The van der Waals surface area contributed by atoms with Crippen LogP contribution in [0.2, 0.25) is 0 Å². The first-order valence-electron chi connectivity index (χ1n) is 3.09. The van der Waals surface area contributed by atoms with Gasteiger partial charge in [0.05, 0.1) is 5.69 Å². The van der Waals surface area contributed by atoms with Gasteiger partial charge in [-0.25, -0.2) is 0 Å². The first kappa shape index (κ1) is 9.25. The molecule has 2 nitrogen and oxygen atoms in total. The van der Waals surface area contributed by atoms with Crippen molar-refractivity contribution in [2.45, 2.75) is 6.61 Å². The highest BCUT2D eigenvalue weighted by Crippen LogP contribution is 2.26. The van der Waals surface area contributed by atoms with Gasteiger partial charge in [0.1, 0.15) is 5.75 Å². The lowest BCUT2D eigenvalue weighted by molar-refractivity contribution is -0.0493. The Kier molecular flexibility index (Phi) is 2.86. The number of ether oxygens (including phenoxy) is 1. The number of halogens is 3. The molecule has 0 aliphatic rings. The third-order valence-corrected chi connectivity index (χ3v) is 1.68. The summed E-state index contributed by atoms with van der Waals surface area (Å²) >= 11 is 3.14. The van der Waals surface area contributed by atoms with Gasteiger partial charge in [-0.15, -0.1) is 0 Å². The number of hydrogen-bond acceptors (Lipinski definition) is 2. The maximum atomic E-state index is 11.7. The van der Waals surface area contributed by atoms with Gasteiger partial charge in [-0.3, -0.25) is 0 Å². The van der Waals surface area contributed by atoms with E-state index in [0.29, 0.717) is 0 Å². The molecule has 0 aliphatic carbocycles. The molecule has 0 unspecified atom stereocenters. The van der Waals surface area contributed by atoms with Crippen molar-refractivity contribution in [1.82, 2.24) is 0 Å². The minimum absolute atomic E-state index is 0.00630. The minimum Gasteiger partial charge on any atom is -0.433 e. The van der Waals surface area contributed by atoms with E-state index >= 15 is 0 Å². The van der Waals surface area contributed by atoms with Crippen molar-refractivity contribution in [2.75, 3.05) is 5.73 Å². The smallest absolute Gasteiger partial charge is 0.387 e. The fourth-order valence-electron chi connectivity index (χ4n) is 0.723. The molecule has 0 atom stereocenters. The molecule has 12 heavy (non-hydrogen) atoms. The van der Waals surface area contributed by atoms with Crippen LogP contribution in [0.15, 0.2) is 22.7 Å². The number of hydrogen-bond donors (Lipinski definition) is 1. The van der Waals surface area contributed by atoms with Crippen LogP contribution in [0.4, 0.5) is 14.5 Å². The Morgan fingerprint density at radius 2 is 2.08 bits per heavy atom. The van der Waals surface area contributed by atoms with Crippen molar-refractivity contribution in [3.63, 3.8) is 0 Å². The summed E-state index contributed by atoms with van der Waals surface area (Å²) in [5.41, 5.74) is 5.57. The van der Waals surface area contributed by atoms with Crippen LogP contribution in [0.25, 0.3) is 0 Å². The van der Waals surface area contributed by atoms with Crippen LogP contribution in [0.1, 0.15) is 0 Å². The van der Waals surface area contributed by atoms with Crippen LogP contribution < -0.4 is 10.5 Å². The van der Waals surface area contributed by atoms with Crippen molar-refractivity contribution < 1.29 is 13.5 Å². The van der Waals surface area contributed by atoms with Gasteiger partial charge in [0, 0.05) is 4.47 Å². The highest BCUT2D eigenvalue weighted by atomic mass is 79.9. The van der Waals surface area contributed by atoms with E-state index in [1.807, 2.05) is 0 Å². The van der Waals surface area contributed by atoms with Gasteiger partial charge in [-0.05, 0) is 18.2 Å². The van der Waals surface area contributed by atoms with Gasteiger partial charge < -0.3 is 10.5 Å². The first-order chi connectivity index (χ1) is 5.59. The van der Waals surface area contributed by atoms with Gasteiger partial charge in [0.2, 0.25) is 0 Å². The molecule has 0 saturated heterocycles. The van der Waals surface area contributed by atoms with E-state index in [4.69, 9.17) is 5.73 Å². The summed E-state index contributed by atoms with van der Waals surface area (Å²) in [6.07, 6.45) is 0. The molecule has 2 N–H and O–H groups in total. The Morgan fingerprint density at radius 3 is 2.58 bits per heavy atom. The minimum atomic E-state index is -2.84. The zero-order valence-electron chi connectivity index (χ0n) is 5.93. The van der Waals surface area contributed by atoms with Crippen molar-refractivity contribution in [2.24, 2.45) is 0 Å². The van der Waals surface area contributed by atoms with Crippen LogP contribution in [-0.4, -0.2) is 6.61 Å². The molecule has 5 heteroatoms. The largest absolute Gasteiger partial charge is 0.433 e. The van der Waals surface area contributed by atoms with E-state index in [9.17, 15) is 8.78 Å². The molecule has 1 aromatic carbocycles. The topological polar surface area (TPSA) is 35.2 Å². The Hall–Kier alpha value is -0.840. The van der Waals surface area contributed by atoms with Crippen LogP contribution in [0.5, 0.6) is 5.75 Å². The van der Waals surface area contributed by atoms with Crippen molar-refractivity contribution in [3.05, 3.63) is 22.7 Å². The summed E-state index contributed by atoms with van der Waals surface area (Å²) in [7, 11) is 0. The van der Waals surface area contributed by atoms with Gasteiger partial charge in [0.15, 0.2) is 0 Å². The van der Waals surface area contributed by atoms with E-state index in [0.717, 1.165) is 4.47 Å². The number of anilines is 1. The summed E-state index contributed by atoms with van der Waals surface area (Å²) in [6, 6.07) is 4.46.